The molecule has 0 unspecified atom stereocenters. The summed E-state index contributed by atoms with van der Waals surface area (Å²) in [5, 5.41) is 2.99. The zero-order chi connectivity index (χ0) is 23.2. The number of carbonyl (C=O) groups excluding carboxylic acids is 3. The van der Waals surface area contributed by atoms with Gasteiger partial charge in [-0.05, 0) is 61.9 Å². The first-order valence-electron chi connectivity index (χ1n) is 9.49. The number of nitrogens with zero attached hydrogens (tertiary/aromatic N) is 2. The number of aromatic nitrogens is 1. The molecule has 0 radical (unpaired) electrons. The highest BCUT2D eigenvalue weighted by Crippen LogP contribution is 2.34. The molecular formula is C23H16Cl3N3O3. The summed E-state index contributed by atoms with van der Waals surface area (Å²) in [6, 6.07) is 12.9. The zero-order valence-electron chi connectivity index (χ0n) is 16.9. The standard InChI is InChI=1S/C23H16Cl3N3O3/c1-12-9-14(13(2)28(12)16-6-3-5-15(24)11-16)10-17-21(30)27-23(32)29(22(17)31)19-8-4-7-18(25)20(19)26/h3-11H,1-2H3,(H,27,30,32)/b17-10+. The molecule has 0 saturated carbocycles. The summed E-state index contributed by atoms with van der Waals surface area (Å²) in [6.07, 6.45) is 1.46. The van der Waals surface area contributed by atoms with Gasteiger partial charge in [0.1, 0.15) is 5.57 Å². The number of hydrogen-bond acceptors (Lipinski definition) is 3. The predicted octanol–water partition coefficient (Wildman–Crippen LogP) is 5.72. The Morgan fingerprint density at radius 3 is 2.38 bits per heavy atom. The lowest BCUT2D eigenvalue weighted by Gasteiger charge is -2.27. The number of aryl methyl sites for hydroxylation is 1. The number of imide groups is 2. The van der Waals surface area contributed by atoms with Crippen LogP contribution >= 0.6 is 34.8 Å². The first kappa shape index (κ1) is 22.1. The van der Waals surface area contributed by atoms with Crippen molar-refractivity contribution in [1.29, 1.82) is 0 Å². The fourth-order valence-corrected chi connectivity index (χ4v) is 4.21. The van der Waals surface area contributed by atoms with E-state index in [-0.39, 0.29) is 21.3 Å². The Hall–Kier alpha value is -3.06. The lowest BCUT2D eigenvalue weighted by atomic mass is 10.1. The smallest absolute Gasteiger partial charge is 0.318 e. The average molecular weight is 489 g/mol. The van der Waals surface area contributed by atoms with Crippen LogP contribution in [-0.4, -0.2) is 22.4 Å². The average Bonchev–Trinajstić information content (AvgIpc) is 3.01. The van der Waals surface area contributed by atoms with E-state index in [1.54, 1.807) is 12.1 Å². The molecule has 9 heteroatoms. The number of nitrogens with one attached hydrogen (secondary N) is 1. The van der Waals surface area contributed by atoms with E-state index < -0.39 is 17.8 Å². The number of benzene rings is 2. The summed E-state index contributed by atoms with van der Waals surface area (Å²) in [5.41, 5.74) is 3.05. The number of hydrogen-bond donors (Lipinski definition) is 1. The summed E-state index contributed by atoms with van der Waals surface area (Å²) < 4.78 is 1.96. The van der Waals surface area contributed by atoms with E-state index in [0.717, 1.165) is 22.0 Å². The van der Waals surface area contributed by atoms with Crippen molar-refractivity contribution in [3.63, 3.8) is 0 Å². The highest BCUT2D eigenvalue weighted by atomic mass is 35.5. The van der Waals surface area contributed by atoms with Crippen molar-refractivity contribution in [2.45, 2.75) is 13.8 Å². The first-order chi connectivity index (χ1) is 15.2. The number of anilines is 1. The number of carbonyl (C=O) groups is 3. The predicted molar refractivity (Wildman–Crippen MR) is 126 cm³/mol. The van der Waals surface area contributed by atoms with Crippen LogP contribution in [0.2, 0.25) is 15.1 Å². The van der Waals surface area contributed by atoms with Gasteiger partial charge < -0.3 is 4.57 Å². The maximum atomic E-state index is 13.2. The zero-order valence-corrected chi connectivity index (χ0v) is 19.2. The molecule has 0 spiro atoms. The minimum Gasteiger partial charge on any atom is -0.318 e. The van der Waals surface area contributed by atoms with Crippen molar-refractivity contribution in [2.24, 2.45) is 0 Å². The van der Waals surface area contributed by atoms with Crippen LogP contribution in [0.25, 0.3) is 11.8 Å². The van der Waals surface area contributed by atoms with Gasteiger partial charge in [0.05, 0.1) is 15.7 Å². The molecule has 1 aromatic heterocycles. The third-order valence-corrected chi connectivity index (χ3v) is 6.15. The van der Waals surface area contributed by atoms with Crippen LogP contribution in [0.5, 0.6) is 0 Å². The molecular weight excluding hydrogens is 473 g/mol. The second-order valence-electron chi connectivity index (χ2n) is 7.17. The maximum Gasteiger partial charge on any atom is 0.336 e. The van der Waals surface area contributed by atoms with E-state index >= 15 is 0 Å². The molecule has 0 aliphatic carbocycles. The summed E-state index contributed by atoms with van der Waals surface area (Å²) >= 11 is 18.4. The quantitative estimate of drug-likeness (QED) is 0.378. The molecule has 32 heavy (non-hydrogen) atoms. The lowest BCUT2D eigenvalue weighted by molar-refractivity contribution is -0.122. The molecule has 3 aromatic rings. The van der Waals surface area contributed by atoms with Crippen LogP contribution in [0.1, 0.15) is 17.0 Å². The molecule has 0 atom stereocenters. The fraction of sp³-hybridized carbons (Fsp3) is 0.0870. The number of halogens is 3. The third kappa shape index (κ3) is 3.81. The fourth-order valence-electron chi connectivity index (χ4n) is 3.64. The highest BCUT2D eigenvalue weighted by Gasteiger charge is 2.38. The van der Waals surface area contributed by atoms with Gasteiger partial charge in [-0.2, -0.15) is 0 Å². The van der Waals surface area contributed by atoms with Crippen molar-refractivity contribution in [2.75, 3.05) is 4.90 Å². The SMILES string of the molecule is Cc1cc(/C=C2\C(=O)NC(=O)N(c3cccc(Cl)c3Cl)C2=O)c(C)n1-c1cccc(Cl)c1. The van der Waals surface area contributed by atoms with Gasteiger partial charge in [0.2, 0.25) is 0 Å². The molecule has 1 saturated heterocycles. The second kappa shape index (κ2) is 8.47. The van der Waals surface area contributed by atoms with E-state index in [4.69, 9.17) is 34.8 Å². The molecule has 1 aliphatic heterocycles. The molecule has 0 bridgehead atoms. The van der Waals surface area contributed by atoms with Crippen molar-refractivity contribution in [3.8, 4) is 5.69 Å². The summed E-state index contributed by atoms with van der Waals surface area (Å²) in [5.74, 6) is -1.59. The molecule has 2 heterocycles. The topological polar surface area (TPSA) is 71.4 Å². The van der Waals surface area contributed by atoms with Crippen molar-refractivity contribution in [3.05, 3.63) is 86.1 Å². The number of urea groups is 1. The van der Waals surface area contributed by atoms with Crippen molar-refractivity contribution >= 4 is 64.4 Å². The van der Waals surface area contributed by atoms with Crippen molar-refractivity contribution in [1.82, 2.24) is 9.88 Å². The Morgan fingerprint density at radius 1 is 0.938 bits per heavy atom. The van der Waals surface area contributed by atoms with E-state index in [2.05, 4.69) is 5.32 Å². The van der Waals surface area contributed by atoms with Gasteiger partial charge in [-0.25, -0.2) is 9.69 Å². The van der Waals surface area contributed by atoms with E-state index in [0.29, 0.717) is 10.6 Å². The van der Waals surface area contributed by atoms with Crippen LogP contribution in [0.15, 0.2) is 54.1 Å². The highest BCUT2D eigenvalue weighted by molar-refractivity contribution is 6.46. The third-order valence-electron chi connectivity index (χ3n) is 5.11. The number of barbiturate groups is 1. The summed E-state index contributed by atoms with van der Waals surface area (Å²) in [7, 11) is 0. The van der Waals surface area contributed by atoms with Crippen LogP contribution < -0.4 is 10.2 Å². The van der Waals surface area contributed by atoms with Gasteiger partial charge in [-0.1, -0.05) is 46.9 Å². The minimum atomic E-state index is -0.897. The number of rotatable bonds is 3. The van der Waals surface area contributed by atoms with Gasteiger partial charge >= 0.3 is 6.03 Å². The van der Waals surface area contributed by atoms with Gasteiger partial charge in [0.15, 0.2) is 0 Å². The Kier molecular flexibility index (Phi) is 5.86. The monoisotopic (exact) mass is 487 g/mol. The Labute approximate surface area is 199 Å². The molecule has 1 aliphatic rings. The molecule has 2 aromatic carbocycles. The van der Waals surface area contributed by atoms with E-state index in [1.165, 1.54) is 18.2 Å². The van der Waals surface area contributed by atoms with Gasteiger partial charge in [0.25, 0.3) is 11.8 Å². The van der Waals surface area contributed by atoms with Gasteiger partial charge in [-0.15, -0.1) is 0 Å². The van der Waals surface area contributed by atoms with E-state index in [9.17, 15) is 14.4 Å². The molecule has 1 N–H and O–H groups in total. The second-order valence-corrected chi connectivity index (χ2v) is 8.39. The molecule has 4 amide bonds. The molecule has 4 rings (SSSR count). The van der Waals surface area contributed by atoms with Crippen LogP contribution in [0, 0.1) is 13.8 Å². The van der Waals surface area contributed by atoms with Crippen LogP contribution in [0.4, 0.5) is 10.5 Å². The van der Waals surface area contributed by atoms with Gasteiger partial charge in [0, 0.05) is 22.1 Å². The van der Waals surface area contributed by atoms with E-state index in [1.807, 2.05) is 42.7 Å². The molecule has 1 fully saturated rings. The Bertz CT molecular complexity index is 1330. The summed E-state index contributed by atoms with van der Waals surface area (Å²) in [6.45, 7) is 3.77. The molecule has 162 valence electrons. The lowest BCUT2D eigenvalue weighted by Crippen LogP contribution is -2.54. The first-order valence-corrected chi connectivity index (χ1v) is 10.6. The summed E-state index contributed by atoms with van der Waals surface area (Å²) in [4.78, 5) is 39.0. The Balaban J connectivity index is 1.79. The minimum absolute atomic E-state index is 0.0329. The number of amides is 4. The van der Waals surface area contributed by atoms with Crippen LogP contribution in [-0.2, 0) is 9.59 Å². The largest absolute Gasteiger partial charge is 0.336 e. The van der Waals surface area contributed by atoms with Crippen LogP contribution in [0.3, 0.4) is 0 Å². The normalized spacial score (nSPS) is 15.5. The maximum absolute atomic E-state index is 13.2. The molecule has 6 nitrogen and oxygen atoms in total. The van der Waals surface area contributed by atoms with Crippen molar-refractivity contribution < 1.29 is 14.4 Å². The Morgan fingerprint density at radius 2 is 1.66 bits per heavy atom. The van der Waals surface area contributed by atoms with Gasteiger partial charge in [-0.3, -0.25) is 14.9 Å².